The van der Waals surface area contributed by atoms with Gasteiger partial charge in [-0.05, 0) is 53.8 Å². The van der Waals surface area contributed by atoms with Crippen LogP contribution >= 0.6 is 0 Å². The number of nitrogens with zero attached hydrogens (tertiary/aromatic N) is 2. The summed E-state index contributed by atoms with van der Waals surface area (Å²) in [7, 11) is 0. The van der Waals surface area contributed by atoms with E-state index >= 15 is 0 Å². The molecule has 3 atom stereocenters. The van der Waals surface area contributed by atoms with Crippen molar-refractivity contribution in [1.29, 1.82) is 0 Å². The summed E-state index contributed by atoms with van der Waals surface area (Å²) in [5.41, 5.74) is 3.28. The third-order valence-corrected chi connectivity index (χ3v) is 5.92. The summed E-state index contributed by atoms with van der Waals surface area (Å²) >= 11 is 0. The minimum atomic E-state index is -0.797. The molecule has 6 heteroatoms. The Kier molecular flexibility index (Phi) is 7.50. The second-order valence-electron chi connectivity index (χ2n) is 8.32. The maximum Gasteiger partial charge on any atom is 0.115 e. The molecule has 168 valence electrons. The zero-order chi connectivity index (χ0) is 22.3. The summed E-state index contributed by atoms with van der Waals surface area (Å²) in [5, 5.41) is 30.4. The fourth-order valence-electron chi connectivity index (χ4n) is 4.35. The van der Waals surface area contributed by atoms with Gasteiger partial charge in [0, 0.05) is 25.8 Å². The lowest BCUT2D eigenvalue weighted by molar-refractivity contribution is 0.00798. The fraction of sp³-hybridized carbons (Fsp3) is 0.346. The first kappa shape index (κ1) is 22.4. The van der Waals surface area contributed by atoms with Crippen LogP contribution in [0.2, 0.25) is 0 Å². The summed E-state index contributed by atoms with van der Waals surface area (Å²) in [4.78, 5) is 6.63. The van der Waals surface area contributed by atoms with Crippen LogP contribution in [0.5, 0.6) is 5.75 Å². The summed E-state index contributed by atoms with van der Waals surface area (Å²) in [6, 6.07) is 20.8. The van der Waals surface area contributed by atoms with Crippen LogP contribution in [0.4, 0.5) is 0 Å². The lowest BCUT2D eigenvalue weighted by atomic mass is 10.0. The molecular weight excluding hydrogens is 404 g/mol. The van der Waals surface area contributed by atoms with E-state index in [0.717, 1.165) is 24.1 Å². The van der Waals surface area contributed by atoms with E-state index in [2.05, 4.69) is 22.0 Å². The van der Waals surface area contributed by atoms with Gasteiger partial charge in [0.1, 0.15) is 5.75 Å². The molecule has 0 aliphatic carbocycles. The number of phenols is 1. The maximum absolute atomic E-state index is 11.0. The van der Waals surface area contributed by atoms with Gasteiger partial charge in [-0.25, -0.2) is 0 Å². The van der Waals surface area contributed by atoms with Gasteiger partial charge in [-0.3, -0.25) is 9.88 Å². The van der Waals surface area contributed by atoms with E-state index in [0.29, 0.717) is 30.8 Å². The predicted molar refractivity (Wildman–Crippen MR) is 122 cm³/mol. The van der Waals surface area contributed by atoms with Crippen LogP contribution in [0.3, 0.4) is 0 Å². The van der Waals surface area contributed by atoms with Gasteiger partial charge in [0.05, 0.1) is 30.6 Å². The van der Waals surface area contributed by atoms with E-state index in [4.69, 9.17) is 4.74 Å². The molecule has 1 aliphatic heterocycles. The number of pyridine rings is 1. The number of hydrogen-bond acceptors (Lipinski definition) is 6. The van der Waals surface area contributed by atoms with Crippen molar-refractivity contribution in [2.75, 3.05) is 13.1 Å². The number of aromatic nitrogens is 1. The quantitative estimate of drug-likeness (QED) is 0.476. The topological polar surface area (TPSA) is 86.0 Å². The highest BCUT2D eigenvalue weighted by atomic mass is 16.5. The van der Waals surface area contributed by atoms with Gasteiger partial charge in [-0.15, -0.1) is 0 Å². The molecule has 1 aromatic heterocycles. The van der Waals surface area contributed by atoms with E-state index in [1.54, 1.807) is 12.3 Å². The normalized spacial score (nSPS) is 19.3. The van der Waals surface area contributed by atoms with Crippen LogP contribution in [-0.2, 0) is 17.9 Å². The number of aliphatic hydroxyl groups is 2. The molecule has 3 unspecified atom stereocenters. The minimum absolute atomic E-state index is 0.00258. The monoisotopic (exact) mass is 434 g/mol. The molecule has 0 spiro atoms. The number of aliphatic hydroxyl groups excluding tert-OH is 2. The third kappa shape index (κ3) is 5.72. The Labute approximate surface area is 188 Å². The Hall–Kier alpha value is -2.77. The van der Waals surface area contributed by atoms with E-state index in [9.17, 15) is 15.3 Å². The minimum Gasteiger partial charge on any atom is -0.508 e. The van der Waals surface area contributed by atoms with Gasteiger partial charge in [-0.2, -0.15) is 0 Å². The van der Waals surface area contributed by atoms with Gasteiger partial charge < -0.3 is 20.1 Å². The van der Waals surface area contributed by atoms with E-state index < -0.39 is 6.10 Å². The largest absolute Gasteiger partial charge is 0.508 e. The lowest BCUT2D eigenvalue weighted by Gasteiger charge is -2.28. The van der Waals surface area contributed by atoms with E-state index in [-0.39, 0.29) is 24.6 Å². The van der Waals surface area contributed by atoms with Crippen LogP contribution in [0, 0.1) is 0 Å². The molecule has 32 heavy (non-hydrogen) atoms. The molecule has 0 amide bonds. The van der Waals surface area contributed by atoms with E-state index in [1.165, 1.54) is 12.1 Å². The summed E-state index contributed by atoms with van der Waals surface area (Å²) < 4.78 is 6.30. The Bertz CT molecular complexity index is 984. The molecule has 0 bridgehead atoms. The van der Waals surface area contributed by atoms with Crippen molar-refractivity contribution in [2.45, 2.75) is 44.3 Å². The van der Waals surface area contributed by atoms with Crippen molar-refractivity contribution in [3.8, 4) is 5.75 Å². The molecule has 1 fully saturated rings. The zero-order valence-electron chi connectivity index (χ0n) is 18.0. The van der Waals surface area contributed by atoms with Crippen LogP contribution in [0.15, 0.2) is 72.9 Å². The van der Waals surface area contributed by atoms with Crippen LogP contribution in [-0.4, -0.2) is 44.4 Å². The second kappa shape index (κ2) is 10.7. The van der Waals surface area contributed by atoms with Gasteiger partial charge in [0.15, 0.2) is 0 Å². The summed E-state index contributed by atoms with van der Waals surface area (Å²) in [6.07, 6.45) is 2.91. The Balaban J connectivity index is 1.47. The zero-order valence-corrected chi connectivity index (χ0v) is 18.0. The third-order valence-electron chi connectivity index (χ3n) is 5.92. The van der Waals surface area contributed by atoms with Gasteiger partial charge in [0.2, 0.25) is 0 Å². The molecule has 4 rings (SSSR count). The molecule has 3 aromatic rings. The molecular formula is C26H30N2O4. The first-order chi connectivity index (χ1) is 15.6. The first-order valence-corrected chi connectivity index (χ1v) is 11.1. The van der Waals surface area contributed by atoms with Gasteiger partial charge >= 0.3 is 0 Å². The highest BCUT2D eigenvalue weighted by Crippen LogP contribution is 2.32. The summed E-state index contributed by atoms with van der Waals surface area (Å²) in [6.45, 7) is 1.51. The number of ether oxygens (including phenoxy) is 1. The summed E-state index contributed by atoms with van der Waals surface area (Å²) in [5.74, 6) is 0.0751. The number of phenolic OH excluding ortho intramolecular Hbond substituents is 1. The molecule has 1 saturated heterocycles. The molecule has 6 nitrogen and oxygen atoms in total. The average molecular weight is 435 g/mol. The highest BCUT2D eigenvalue weighted by Gasteiger charge is 2.29. The standard InChI is InChI=1S/C26H30N2O4/c29-18-20-14-21(30)9-11-23(20)25(31)17-28(15-19-6-2-1-3-7-19)16-22-10-12-26(32-22)24-8-4-5-13-27-24/h1-9,11,13-14,22,25-26,29-31H,10,12,15-18H2. The average Bonchev–Trinajstić information content (AvgIpc) is 3.28. The second-order valence-corrected chi connectivity index (χ2v) is 8.32. The lowest BCUT2D eigenvalue weighted by Crippen LogP contribution is -2.35. The van der Waals surface area contributed by atoms with Crippen LogP contribution in [0.1, 0.15) is 47.4 Å². The van der Waals surface area contributed by atoms with Crippen molar-refractivity contribution in [3.63, 3.8) is 0 Å². The van der Waals surface area contributed by atoms with Gasteiger partial charge in [0.25, 0.3) is 0 Å². The van der Waals surface area contributed by atoms with Crippen molar-refractivity contribution in [1.82, 2.24) is 9.88 Å². The van der Waals surface area contributed by atoms with E-state index in [1.807, 2.05) is 36.4 Å². The number of aromatic hydroxyl groups is 1. The maximum atomic E-state index is 11.0. The van der Waals surface area contributed by atoms with Crippen LogP contribution in [0.25, 0.3) is 0 Å². The van der Waals surface area contributed by atoms with Crippen molar-refractivity contribution >= 4 is 0 Å². The van der Waals surface area contributed by atoms with Crippen molar-refractivity contribution in [3.05, 3.63) is 95.3 Å². The fourth-order valence-corrected chi connectivity index (χ4v) is 4.35. The number of benzene rings is 2. The predicted octanol–water partition coefficient (Wildman–Crippen LogP) is 3.74. The molecule has 2 aromatic carbocycles. The first-order valence-electron chi connectivity index (χ1n) is 11.1. The number of rotatable bonds is 9. The highest BCUT2D eigenvalue weighted by molar-refractivity contribution is 5.36. The molecule has 0 radical (unpaired) electrons. The Morgan fingerprint density at radius 2 is 1.84 bits per heavy atom. The molecule has 3 N–H and O–H groups in total. The SMILES string of the molecule is OCc1cc(O)ccc1C(O)CN(Cc1ccccc1)CC1CCC(c2ccccn2)O1. The number of hydrogen-bond donors (Lipinski definition) is 3. The van der Waals surface area contributed by atoms with Gasteiger partial charge in [-0.1, -0.05) is 42.5 Å². The van der Waals surface area contributed by atoms with Crippen molar-refractivity contribution < 1.29 is 20.1 Å². The Morgan fingerprint density at radius 1 is 1.03 bits per heavy atom. The molecule has 1 aliphatic rings. The Morgan fingerprint density at radius 3 is 2.59 bits per heavy atom. The van der Waals surface area contributed by atoms with Crippen LogP contribution < -0.4 is 0 Å². The van der Waals surface area contributed by atoms with Crippen molar-refractivity contribution in [2.24, 2.45) is 0 Å². The molecule has 2 heterocycles. The smallest absolute Gasteiger partial charge is 0.115 e. The molecule has 0 saturated carbocycles.